The molecule has 1 N–H and O–H groups in total. The Morgan fingerprint density at radius 2 is 1.48 bits per heavy atom. The smallest absolute Gasteiger partial charge is 0.303 e. The van der Waals surface area contributed by atoms with Crippen molar-refractivity contribution >= 4 is 30.2 Å². The van der Waals surface area contributed by atoms with E-state index in [1.807, 2.05) is 0 Å². The number of carbonyl (C=O) groups excluding carboxylic acids is 5. The minimum Gasteiger partial charge on any atom is -0.504 e. The van der Waals surface area contributed by atoms with Crippen LogP contribution in [0.4, 0.5) is 0 Å². The van der Waals surface area contributed by atoms with Crippen LogP contribution in [0.25, 0.3) is 0 Å². The van der Waals surface area contributed by atoms with E-state index in [-0.39, 0.29) is 11.3 Å². The van der Waals surface area contributed by atoms with Crippen LogP contribution >= 0.6 is 0 Å². The van der Waals surface area contributed by atoms with E-state index in [2.05, 4.69) is 0 Å². The van der Waals surface area contributed by atoms with Crippen molar-refractivity contribution in [2.75, 3.05) is 6.61 Å². The summed E-state index contributed by atoms with van der Waals surface area (Å²) < 4.78 is 32.2. The third kappa shape index (κ3) is 7.17. The molecule has 2 rings (SSSR count). The van der Waals surface area contributed by atoms with Crippen molar-refractivity contribution in [3.8, 4) is 11.5 Å². The normalized spacial score (nSPS) is 24.2. The van der Waals surface area contributed by atoms with E-state index < -0.39 is 66.9 Å². The highest BCUT2D eigenvalue weighted by atomic mass is 16.7. The van der Waals surface area contributed by atoms with Gasteiger partial charge in [0.15, 0.2) is 23.7 Å². The molecule has 0 spiro atoms. The third-order valence-corrected chi connectivity index (χ3v) is 4.31. The van der Waals surface area contributed by atoms with Gasteiger partial charge in [0.1, 0.15) is 19.0 Å². The maximum atomic E-state index is 11.8. The molecule has 1 saturated heterocycles. The lowest BCUT2D eigenvalue weighted by molar-refractivity contribution is -0.288. The molecule has 0 aliphatic carbocycles. The molecule has 1 heterocycles. The van der Waals surface area contributed by atoms with Crippen LogP contribution in [0.3, 0.4) is 0 Å². The van der Waals surface area contributed by atoms with Gasteiger partial charge < -0.3 is 33.5 Å². The largest absolute Gasteiger partial charge is 0.504 e. The predicted molar refractivity (Wildman–Crippen MR) is 106 cm³/mol. The van der Waals surface area contributed by atoms with Gasteiger partial charge in [-0.3, -0.25) is 24.0 Å². The molecule has 1 aromatic carbocycles. The van der Waals surface area contributed by atoms with E-state index >= 15 is 0 Å². The van der Waals surface area contributed by atoms with Crippen molar-refractivity contribution in [2.45, 2.75) is 58.4 Å². The first-order valence-corrected chi connectivity index (χ1v) is 9.77. The molecule has 12 heteroatoms. The van der Waals surface area contributed by atoms with Gasteiger partial charge in [-0.15, -0.1) is 0 Å². The maximum absolute atomic E-state index is 11.8. The number of esters is 4. The molecule has 0 aromatic heterocycles. The van der Waals surface area contributed by atoms with Gasteiger partial charge in [-0.25, -0.2) is 0 Å². The van der Waals surface area contributed by atoms with Crippen molar-refractivity contribution in [1.82, 2.24) is 0 Å². The first-order chi connectivity index (χ1) is 15.5. The average molecular weight is 468 g/mol. The second-order valence-electron chi connectivity index (χ2n) is 7.03. The molecule has 12 nitrogen and oxygen atoms in total. The Hall–Kier alpha value is -3.67. The van der Waals surface area contributed by atoms with E-state index in [0.29, 0.717) is 6.29 Å². The number of benzene rings is 1. The highest BCUT2D eigenvalue weighted by Gasteiger charge is 2.53. The zero-order valence-electron chi connectivity index (χ0n) is 18.3. The van der Waals surface area contributed by atoms with Crippen LogP contribution in [-0.2, 0) is 42.9 Å². The number of hydrogen-bond donors (Lipinski definition) is 1. The molecule has 0 bridgehead atoms. The van der Waals surface area contributed by atoms with Crippen LogP contribution in [0.15, 0.2) is 18.2 Å². The molecule has 0 unspecified atom stereocenters. The molecule has 0 saturated carbocycles. The van der Waals surface area contributed by atoms with Crippen LogP contribution in [-0.4, -0.2) is 72.6 Å². The van der Waals surface area contributed by atoms with Gasteiger partial charge >= 0.3 is 23.9 Å². The Balaban J connectivity index is 2.48. The molecule has 0 amide bonds. The molecular weight excluding hydrogens is 444 g/mol. The Morgan fingerprint density at radius 1 is 0.909 bits per heavy atom. The number of ether oxygens (including phenoxy) is 6. The molecule has 1 aliphatic rings. The van der Waals surface area contributed by atoms with Crippen molar-refractivity contribution in [3.63, 3.8) is 0 Å². The third-order valence-electron chi connectivity index (χ3n) is 4.31. The second-order valence-corrected chi connectivity index (χ2v) is 7.03. The fraction of sp³-hybridized carbons (Fsp3) is 0.476. The molecule has 1 aromatic rings. The number of hydrogen-bond acceptors (Lipinski definition) is 12. The van der Waals surface area contributed by atoms with Gasteiger partial charge in [0, 0.05) is 33.3 Å². The monoisotopic (exact) mass is 468 g/mol. The zero-order chi connectivity index (χ0) is 24.7. The predicted octanol–water partition coefficient (Wildman–Crippen LogP) is 0.667. The quantitative estimate of drug-likeness (QED) is 0.323. The van der Waals surface area contributed by atoms with E-state index in [1.54, 1.807) is 0 Å². The van der Waals surface area contributed by atoms with Gasteiger partial charge in [-0.05, 0) is 18.2 Å². The molecular formula is C21H24O12. The van der Waals surface area contributed by atoms with E-state index in [0.717, 1.165) is 33.8 Å². The Bertz CT molecular complexity index is 911. The summed E-state index contributed by atoms with van der Waals surface area (Å²) in [4.78, 5) is 57.5. The maximum Gasteiger partial charge on any atom is 0.303 e. The minimum absolute atomic E-state index is 0.151. The van der Waals surface area contributed by atoms with E-state index in [9.17, 15) is 29.1 Å². The number of phenols is 1. The number of rotatable bonds is 8. The summed E-state index contributed by atoms with van der Waals surface area (Å²) in [5, 5.41) is 10.2. The van der Waals surface area contributed by atoms with E-state index in [1.165, 1.54) is 12.1 Å². The second kappa shape index (κ2) is 11.3. The molecule has 0 radical (unpaired) electrons. The van der Waals surface area contributed by atoms with Crippen LogP contribution in [0.2, 0.25) is 0 Å². The van der Waals surface area contributed by atoms with Gasteiger partial charge in [-0.1, -0.05) is 0 Å². The molecule has 180 valence electrons. The highest BCUT2D eigenvalue weighted by Crippen LogP contribution is 2.34. The Labute approximate surface area is 188 Å². The Kier molecular flexibility index (Phi) is 8.74. The fourth-order valence-electron chi connectivity index (χ4n) is 3.12. The summed E-state index contributed by atoms with van der Waals surface area (Å²) >= 11 is 0. The first-order valence-electron chi connectivity index (χ1n) is 9.77. The van der Waals surface area contributed by atoms with Crippen molar-refractivity contribution in [2.24, 2.45) is 0 Å². The fourth-order valence-corrected chi connectivity index (χ4v) is 3.12. The summed E-state index contributed by atoms with van der Waals surface area (Å²) in [5.41, 5.74) is 0.168. The van der Waals surface area contributed by atoms with Crippen LogP contribution in [0.5, 0.6) is 11.5 Å². The van der Waals surface area contributed by atoms with Gasteiger partial charge in [0.2, 0.25) is 12.4 Å². The lowest BCUT2D eigenvalue weighted by Crippen LogP contribution is -2.63. The zero-order valence-corrected chi connectivity index (χ0v) is 18.3. The van der Waals surface area contributed by atoms with E-state index in [4.69, 9.17) is 28.4 Å². The van der Waals surface area contributed by atoms with Gasteiger partial charge in [-0.2, -0.15) is 0 Å². The highest BCUT2D eigenvalue weighted by molar-refractivity contribution is 5.76. The molecule has 1 fully saturated rings. The Morgan fingerprint density at radius 3 is 2.00 bits per heavy atom. The molecule has 1 aliphatic heterocycles. The number of carbonyl (C=O) groups is 5. The van der Waals surface area contributed by atoms with Crippen LogP contribution in [0, 0.1) is 0 Å². The first kappa shape index (κ1) is 25.6. The van der Waals surface area contributed by atoms with Crippen molar-refractivity contribution in [1.29, 1.82) is 0 Å². The van der Waals surface area contributed by atoms with Crippen molar-refractivity contribution < 1.29 is 57.5 Å². The van der Waals surface area contributed by atoms with Gasteiger partial charge in [0.05, 0.1) is 0 Å². The number of phenolic OH excluding ortho intramolecular Hbond substituents is 1. The van der Waals surface area contributed by atoms with Crippen LogP contribution < -0.4 is 4.74 Å². The summed E-state index contributed by atoms with van der Waals surface area (Å²) in [6, 6.07) is 3.76. The average Bonchev–Trinajstić information content (AvgIpc) is 2.71. The van der Waals surface area contributed by atoms with Gasteiger partial charge in [0.25, 0.3) is 0 Å². The summed E-state index contributed by atoms with van der Waals surface area (Å²) in [6.07, 6.45) is -6.38. The topological polar surface area (TPSA) is 161 Å². The molecule has 5 atom stereocenters. The lowest BCUT2D eigenvalue weighted by Gasteiger charge is -2.43. The lowest BCUT2D eigenvalue weighted by atomic mass is 9.98. The van der Waals surface area contributed by atoms with Crippen LogP contribution in [0.1, 0.15) is 38.1 Å². The standard InChI is InChI=1S/C21H24O12/c1-10(23)28-9-17-18(29-11(2)24)19(30-12(3)25)20(31-13(4)26)21(33-17)32-16-6-5-14(8-22)7-15(16)27/h5-8,17-21,27H,9H2,1-4H3/t17-,18-,19+,20-,21-/m0/s1. The minimum atomic E-state index is -1.50. The number of aldehydes is 1. The summed E-state index contributed by atoms with van der Waals surface area (Å²) in [5.74, 6) is -3.59. The van der Waals surface area contributed by atoms with Crippen molar-refractivity contribution in [3.05, 3.63) is 23.8 Å². The summed E-state index contributed by atoms with van der Waals surface area (Å²) in [7, 11) is 0. The summed E-state index contributed by atoms with van der Waals surface area (Å²) in [6.45, 7) is 4.00. The number of aromatic hydroxyl groups is 1. The SMILES string of the molecule is CC(=O)OC[C@@H]1O[C@H](Oc2ccc(C=O)cc2O)[C@@H](OC(C)=O)[C@H](OC(C)=O)[C@H]1OC(C)=O. The molecule has 33 heavy (non-hydrogen) atoms.